The Morgan fingerprint density at radius 3 is 2.31 bits per heavy atom. The number of allylic oxidation sites excluding steroid dienone is 1. The second-order valence-corrected chi connectivity index (χ2v) is 8.89. The summed E-state index contributed by atoms with van der Waals surface area (Å²) >= 11 is 0. The van der Waals surface area contributed by atoms with Gasteiger partial charge in [-0.25, -0.2) is 9.79 Å². The molecule has 3 aliphatic heterocycles. The van der Waals surface area contributed by atoms with Gasteiger partial charge in [0, 0.05) is 18.9 Å². The van der Waals surface area contributed by atoms with Crippen LogP contribution in [-0.2, 0) is 11.3 Å². The Labute approximate surface area is 188 Å². The Hall–Kier alpha value is -3.61. The maximum Gasteiger partial charge on any atom is 0.328 e. The van der Waals surface area contributed by atoms with E-state index in [-0.39, 0.29) is 18.5 Å². The van der Waals surface area contributed by atoms with Gasteiger partial charge in [-0.3, -0.25) is 14.6 Å². The van der Waals surface area contributed by atoms with Crippen molar-refractivity contribution in [1.29, 1.82) is 0 Å². The summed E-state index contributed by atoms with van der Waals surface area (Å²) in [6.07, 6.45) is 1.42. The molecule has 1 fully saturated rings. The van der Waals surface area contributed by atoms with E-state index < -0.39 is 12.2 Å². The number of hydrogen-bond donors (Lipinski definition) is 0. The quantitative estimate of drug-likeness (QED) is 0.746. The first-order valence-electron chi connectivity index (χ1n) is 10.8. The van der Waals surface area contributed by atoms with Crippen molar-refractivity contribution in [3.8, 4) is 0 Å². The lowest BCUT2D eigenvalue weighted by Gasteiger charge is -2.40. The highest BCUT2D eigenvalue weighted by atomic mass is 16.2. The van der Waals surface area contributed by atoms with Gasteiger partial charge in [0.25, 0.3) is 5.91 Å². The van der Waals surface area contributed by atoms with Crippen LogP contribution in [0, 0.1) is 20.8 Å². The number of urea groups is 1. The van der Waals surface area contributed by atoms with Gasteiger partial charge in [0.1, 0.15) is 0 Å². The van der Waals surface area contributed by atoms with Gasteiger partial charge in [0.05, 0.1) is 12.2 Å². The largest absolute Gasteiger partial charge is 0.328 e. The summed E-state index contributed by atoms with van der Waals surface area (Å²) in [5, 5.41) is 0. The molecule has 7 nitrogen and oxygen atoms in total. The molecule has 0 saturated carbocycles. The predicted octanol–water partition coefficient (Wildman–Crippen LogP) is 3.75. The average Bonchev–Trinajstić information content (AvgIpc) is 3.26. The van der Waals surface area contributed by atoms with Crippen molar-refractivity contribution in [3.05, 3.63) is 76.6 Å². The number of aryl methyl sites for hydroxylation is 3. The number of carbonyl (C=O) groups is 2. The molecule has 2 atom stereocenters. The van der Waals surface area contributed by atoms with E-state index in [1.54, 1.807) is 11.9 Å². The molecule has 2 unspecified atom stereocenters. The fraction of sp³-hybridized carbons (Fsp3) is 0.320. The second kappa shape index (κ2) is 7.22. The minimum absolute atomic E-state index is 0.219. The van der Waals surface area contributed by atoms with Crippen molar-refractivity contribution in [2.45, 2.75) is 46.4 Å². The number of amides is 3. The zero-order chi connectivity index (χ0) is 22.7. The molecule has 164 valence electrons. The van der Waals surface area contributed by atoms with Gasteiger partial charge in [0.15, 0.2) is 12.2 Å². The number of rotatable bonds is 3. The van der Waals surface area contributed by atoms with E-state index in [9.17, 15) is 9.59 Å². The molecule has 0 bridgehead atoms. The molecule has 0 N–H and O–H groups in total. The van der Waals surface area contributed by atoms with E-state index in [1.807, 2.05) is 49.2 Å². The predicted molar refractivity (Wildman–Crippen MR) is 124 cm³/mol. The minimum atomic E-state index is -0.566. The molecule has 0 aromatic heterocycles. The van der Waals surface area contributed by atoms with Crippen LogP contribution in [0.5, 0.6) is 0 Å². The number of carbonyl (C=O) groups excluding carboxylic acids is 2. The van der Waals surface area contributed by atoms with Crippen LogP contribution in [0.3, 0.4) is 0 Å². The second-order valence-electron chi connectivity index (χ2n) is 8.89. The third-order valence-corrected chi connectivity index (χ3v) is 6.44. The summed E-state index contributed by atoms with van der Waals surface area (Å²) in [5.74, 6) is 0.471. The van der Waals surface area contributed by atoms with Crippen LogP contribution in [0.1, 0.15) is 29.2 Å². The lowest BCUT2D eigenvalue weighted by atomic mass is 10.1. The monoisotopic (exact) mass is 429 g/mol. The van der Waals surface area contributed by atoms with E-state index >= 15 is 0 Å². The van der Waals surface area contributed by atoms with E-state index in [0.29, 0.717) is 5.96 Å². The molecule has 0 aliphatic carbocycles. The summed E-state index contributed by atoms with van der Waals surface area (Å²) in [4.78, 5) is 38.4. The fourth-order valence-electron chi connectivity index (χ4n) is 4.73. The highest BCUT2D eigenvalue weighted by Gasteiger charge is 2.54. The van der Waals surface area contributed by atoms with Crippen LogP contribution in [0.2, 0.25) is 0 Å². The SMILES string of the molecule is CC1=CN2C(=NC3C2C(=O)N(Cc2ccc(C)cc2)C(=O)N3C)N1c1ccc(C)cc1C. The molecule has 3 aliphatic rings. The highest BCUT2D eigenvalue weighted by molar-refractivity contribution is 6.10. The lowest BCUT2D eigenvalue weighted by molar-refractivity contribution is -0.137. The van der Waals surface area contributed by atoms with Crippen molar-refractivity contribution < 1.29 is 9.59 Å². The molecular formula is C25H27N5O2. The number of aliphatic imine (C=N–C) groups is 1. The number of fused-ring (bicyclic) bond motifs is 3. The lowest BCUT2D eigenvalue weighted by Crippen LogP contribution is -2.63. The summed E-state index contributed by atoms with van der Waals surface area (Å²) in [6, 6.07) is 13.3. The Bertz CT molecular complexity index is 1180. The van der Waals surface area contributed by atoms with Gasteiger partial charge in [-0.05, 0) is 44.9 Å². The maximum absolute atomic E-state index is 13.6. The minimum Gasteiger partial charge on any atom is -0.302 e. The van der Waals surface area contributed by atoms with Crippen LogP contribution in [0.25, 0.3) is 0 Å². The number of imide groups is 1. The van der Waals surface area contributed by atoms with Crippen molar-refractivity contribution in [2.24, 2.45) is 4.99 Å². The van der Waals surface area contributed by atoms with Crippen molar-refractivity contribution >= 4 is 23.6 Å². The molecule has 32 heavy (non-hydrogen) atoms. The molecule has 2 aromatic rings. The molecule has 5 rings (SSSR count). The first-order chi connectivity index (χ1) is 15.3. The molecule has 1 saturated heterocycles. The first kappa shape index (κ1) is 20.3. The Kier molecular flexibility index (Phi) is 4.58. The van der Waals surface area contributed by atoms with Gasteiger partial charge >= 0.3 is 6.03 Å². The molecule has 0 spiro atoms. The van der Waals surface area contributed by atoms with Crippen molar-refractivity contribution in [3.63, 3.8) is 0 Å². The average molecular weight is 430 g/mol. The van der Waals surface area contributed by atoms with Crippen LogP contribution in [-0.4, -0.2) is 51.9 Å². The van der Waals surface area contributed by atoms with Crippen molar-refractivity contribution in [2.75, 3.05) is 11.9 Å². The van der Waals surface area contributed by atoms with Gasteiger partial charge in [-0.1, -0.05) is 47.5 Å². The smallest absolute Gasteiger partial charge is 0.302 e. The van der Waals surface area contributed by atoms with Gasteiger partial charge in [0.2, 0.25) is 5.96 Å². The summed E-state index contributed by atoms with van der Waals surface area (Å²) < 4.78 is 0. The van der Waals surface area contributed by atoms with E-state index in [4.69, 9.17) is 4.99 Å². The third-order valence-electron chi connectivity index (χ3n) is 6.44. The topological polar surface area (TPSA) is 59.5 Å². The standard InChI is InChI=1S/C25H27N5O2/c1-15-6-9-19(10-7-15)14-29-23(31)21-22(27(5)25(29)32)26-24-28(21)13-18(4)30(24)20-11-8-16(2)12-17(20)3/h6-13,21-22H,14H2,1-5H3. The van der Waals surface area contributed by atoms with Crippen LogP contribution >= 0.6 is 0 Å². The Morgan fingerprint density at radius 2 is 1.62 bits per heavy atom. The summed E-state index contributed by atoms with van der Waals surface area (Å²) in [6.45, 7) is 8.42. The number of guanidine groups is 1. The van der Waals surface area contributed by atoms with Gasteiger partial charge in [-0.15, -0.1) is 0 Å². The molecular weight excluding hydrogens is 402 g/mol. The fourth-order valence-corrected chi connectivity index (χ4v) is 4.73. The number of likely N-dealkylation sites (N-methyl/N-ethyl adjacent to an activating group) is 1. The maximum atomic E-state index is 13.6. The zero-order valence-corrected chi connectivity index (χ0v) is 19.0. The number of hydrogen-bond acceptors (Lipinski definition) is 5. The van der Waals surface area contributed by atoms with Gasteiger partial charge in [-0.2, -0.15) is 0 Å². The molecule has 2 aromatic carbocycles. The van der Waals surface area contributed by atoms with Gasteiger partial charge < -0.3 is 9.80 Å². The Morgan fingerprint density at radius 1 is 0.938 bits per heavy atom. The molecule has 0 radical (unpaired) electrons. The summed E-state index contributed by atoms with van der Waals surface area (Å²) in [5.41, 5.74) is 6.41. The third kappa shape index (κ3) is 2.99. The first-order valence-corrected chi connectivity index (χ1v) is 10.8. The van der Waals surface area contributed by atoms with Crippen molar-refractivity contribution in [1.82, 2.24) is 14.7 Å². The van der Waals surface area contributed by atoms with Crippen LogP contribution < -0.4 is 4.90 Å². The number of benzene rings is 2. The molecule has 3 heterocycles. The van der Waals surface area contributed by atoms with Crippen LogP contribution in [0.4, 0.5) is 10.5 Å². The van der Waals surface area contributed by atoms with E-state index in [0.717, 1.165) is 28.1 Å². The highest BCUT2D eigenvalue weighted by Crippen LogP contribution is 2.38. The zero-order valence-electron chi connectivity index (χ0n) is 19.0. The molecule has 3 amide bonds. The van der Waals surface area contributed by atoms with Crippen LogP contribution in [0.15, 0.2) is 59.4 Å². The molecule has 7 heteroatoms. The summed E-state index contributed by atoms with van der Waals surface area (Å²) in [7, 11) is 1.72. The normalized spacial score (nSPS) is 22.3. The Balaban J connectivity index is 1.48. The number of nitrogens with zero attached hydrogens (tertiary/aromatic N) is 5. The van der Waals surface area contributed by atoms with E-state index in [2.05, 4.69) is 36.9 Å². The van der Waals surface area contributed by atoms with E-state index in [1.165, 1.54) is 10.5 Å². The number of anilines is 1.